The molecule has 0 radical (unpaired) electrons. The molecule has 0 amide bonds. The van der Waals surface area contributed by atoms with Crippen LogP contribution in [-0.4, -0.2) is 31.2 Å². The van der Waals surface area contributed by atoms with E-state index in [-0.39, 0.29) is 11.0 Å². The molecule has 22 heavy (non-hydrogen) atoms. The summed E-state index contributed by atoms with van der Waals surface area (Å²) in [6.45, 7) is 6.95. The summed E-state index contributed by atoms with van der Waals surface area (Å²) in [4.78, 5) is 7.31. The molecule has 2 unspecified atom stereocenters. The van der Waals surface area contributed by atoms with E-state index in [0.717, 1.165) is 5.82 Å². The standard InChI is InChI=1S/C17H26N2O2S/c1-16(2,3)17-10-5-6-13(9-11-17)19(17)15-8-7-14(12-18-15)22(4,20)21/h7-8,12-13H,5-6,9-11H2,1-4H3. The Kier molecular flexibility index (Phi) is 3.55. The molecule has 1 aromatic heterocycles. The number of anilines is 1. The number of hydrogen-bond acceptors (Lipinski definition) is 4. The minimum Gasteiger partial charge on any atom is -0.347 e. The van der Waals surface area contributed by atoms with Crippen LogP contribution in [-0.2, 0) is 9.84 Å². The van der Waals surface area contributed by atoms with E-state index in [0.29, 0.717) is 10.9 Å². The third-order valence-electron chi connectivity index (χ3n) is 5.64. The number of fused-ring (bicyclic) bond motifs is 2. The van der Waals surface area contributed by atoms with Crippen LogP contribution in [0.15, 0.2) is 23.2 Å². The summed E-state index contributed by atoms with van der Waals surface area (Å²) in [7, 11) is -3.19. The molecule has 122 valence electrons. The summed E-state index contributed by atoms with van der Waals surface area (Å²) in [6.07, 6.45) is 8.85. The maximum absolute atomic E-state index is 11.6. The number of hydrogen-bond donors (Lipinski definition) is 0. The lowest BCUT2D eigenvalue weighted by Gasteiger charge is -2.53. The van der Waals surface area contributed by atoms with Crippen molar-refractivity contribution < 1.29 is 8.42 Å². The molecule has 2 atom stereocenters. The summed E-state index contributed by atoms with van der Waals surface area (Å²) < 4.78 is 23.3. The average molecular weight is 322 g/mol. The van der Waals surface area contributed by atoms with Crippen molar-refractivity contribution in [3.05, 3.63) is 18.3 Å². The quantitative estimate of drug-likeness (QED) is 0.837. The van der Waals surface area contributed by atoms with Gasteiger partial charge in [0.15, 0.2) is 9.84 Å². The van der Waals surface area contributed by atoms with Gasteiger partial charge in [0.1, 0.15) is 5.82 Å². The van der Waals surface area contributed by atoms with Crippen LogP contribution in [0.5, 0.6) is 0 Å². The van der Waals surface area contributed by atoms with E-state index in [1.54, 1.807) is 6.07 Å². The van der Waals surface area contributed by atoms with Crippen molar-refractivity contribution in [2.24, 2.45) is 5.41 Å². The molecule has 0 aromatic carbocycles. The van der Waals surface area contributed by atoms with Gasteiger partial charge in [-0.05, 0) is 49.7 Å². The van der Waals surface area contributed by atoms with Gasteiger partial charge in [-0.1, -0.05) is 20.8 Å². The molecule has 0 N–H and O–H groups in total. The smallest absolute Gasteiger partial charge is 0.177 e. The third-order valence-corrected chi connectivity index (χ3v) is 6.73. The molecule has 0 aliphatic carbocycles. The molecule has 3 rings (SSSR count). The van der Waals surface area contributed by atoms with Crippen molar-refractivity contribution >= 4 is 15.7 Å². The van der Waals surface area contributed by atoms with Crippen LogP contribution in [0.4, 0.5) is 5.82 Å². The van der Waals surface area contributed by atoms with Crippen molar-refractivity contribution in [3.8, 4) is 0 Å². The number of piperidine rings is 1. The topological polar surface area (TPSA) is 50.3 Å². The van der Waals surface area contributed by atoms with Gasteiger partial charge in [-0.3, -0.25) is 0 Å². The van der Waals surface area contributed by atoms with Crippen molar-refractivity contribution in [1.82, 2.24) is 4.98 Å². The average Bonchev–Trinajstić information content (AvgIpc) is 2.65. The number of nitrogens with zero attached hydrogens (tertiary/aromatic N) is 2. The van der Waals surface area contributed by atoms with Gasteiger partial charge in [0.05, 0.1) is 4.90 Å². The molecule has 1 aromatic rings. The van der Waals surface area contributed by atoms with E-state index in [2.05, 4.69) is 30.7 Å². The van der Waals surface area contributed by atoms with Crippen LogP contribution in [0.2, 0.25) is 0 Å². The predicted molar refractivity (Wildman–Crippen MR) is 88.9 cm³/mol. The molecule has 2 bridgehead atoms. The Bertz CT molecular complexity index is 657. The first-order valence-corrected chi connectivity index (χ1v) is 10.00. The van der Waals surface area contributed by atoms with Gasteiger partial charge in [0.2, 0.25) is 0 Å². The molecular formula is C17H26N2O2S. The maximum Gasteiger partial charge on any atom is 0.177 e. The summed E-state index contributed by atoms with van der Waals surface area (Å²) in [5, 5.41) is 0. The van der Waals surface area contributed by atoms with Gasteiger partial charge in [0, 0.05) is 24.0 Å². The fraction of sp³-hybridized carbons (Fsp3) is 0.706. The summed E-state index contributed by atoms with van der Waals surface area (Å²) in [5.41, 5.74) is 0.328. The molecule has 2 fully saturated rings. The molecule has 5 heteroatoms. The van der Waals surface area contributed by atoms with Gasteiger partial charge >= 0.3 is 0 Å². The monoisotopic (exact) mass is 322 g/mol. The molecule has 0 saturated carbocycles. The minimum absolute atomic E-state index is 0.148. The van der Waals surface area contributed by atoms with E-state index >= 15 is 0 Å². The summed E-state index contributed by atoms with van der Waals surface area (Å²) in [5.74, 6) is 0.935. The van der Waals surface area contributed by atoms with Crippen LogP contribution in [0.25, 0.3) is 0 Å². The van der Waals surface area contributed by atoms with Crippen LogP contribution < -0.4 is 4.90 Å². The van der Waals surface area contributed by atoms with Crippen molar-refractivity contribution in [2.75, 3.05) is 11.2 Å². The fourth-order valence-electron chi connectivity index (χ4n) is 4.41. The first-order valence-electron chi connectivity index (χ1n) is 8.11. The van der Waals surface area contributed by atoms with Gasteiger partial charge in [0.25, 0.3) is 0 Å². The lowest BCUT2D eigenvalue weighted by molar-refractivity contribution is 0.154. The zero-order valence-electron chi connectivity index (χ0n) is 14.0. The Labute approximate surface area is 133 Å². The van der Waals surface area contributed by atoms with Crippen LogP contribution in [0, 0.1) is 5.41 Å². The first kappa shape index (κ1) is 15.8. The molecule has 2 aliphatic rings. The highest BCUT2D eigenvalue weighted by Gasteiger charge is 2.55. The zero-order valence-corrected chi connectivity index (χ0v) is 14.8. The number of aromatic nitrogens is 1. The first-order chi connectivity index (χ1) is 10.2. The molecule has 0 spiro atoms. The Morgan fingerprint density at radius 1 is 1.23 bits per heavy atom. The summed E-state index contributed by atoms with van der Waals surface area (Å²) >= 11 is 0. The van der Waals surface area contributed by atoms with Crippen molar-refractivity contribution in [2.45, 2.75) is 69.4 Å². The lowest BCUT2D eigenvalue weighted by Crippen LogP contribution is -2.58. The lowest BCUT2D eigenvalue weighted by atomic mass is 9.68. The van der Waals surface area contributed by atoms with E-state index in [1.165, 1.54) is 44.6 Å². The molecule has 2 aliphatic heterocycles. The zero-order chi connectivity index (χ0) is 16.2. The highest BCUT2D eigenvalue weighted by Crippen LogP contribution is 2.54. The van der Waals surface area contributed by atoms with Gasteiger partial charge < -0.3 is 4.90 Å². The largest absolute Gasteiger partial charge is 0.347 e. The van der Waals surface area contributed by atoms with E-state index < -0.39 is 9.84 Å². The molecular weight excluding hydrogens is 296 g/mol. The SMILES string of the molecule is CC(C)(C)C12CCCC(CC1)N2c1ccc(S(C)(=O)=O)cn1. The fourth-order valence-corrected chi connectivity index (χ4v) is 4.96. The number of pyridine rings is 1. The van der Waals surface area contributed by atoms with Gasteiger partial charge in [-0.15, -0.1) is 0 Å². The van der Waals surface area contributed by atoms with Crippen molar-refractivity contribution in [1.29, 1.82) is 0 Å². The summed E-state index contributed by atoms with van der Waals surface area (Å²) in [6, 6.07) is 4.13. The minimum atomic E-state index is -3.19. The second-order valence-electron chi connectivity index (χ2n) is 7.86. The second-order valence-corrected chi connectivity index (χ2v) is 9.88. The van der Waals surface area contributed by atoms with Gasteiger partial charge in [-0.2, -0.15) is 0 Å². The van der Waals surface area contributed by atoms with Crippen LogP contribution >= 0.6 is 0 Å². The van der Waals surface area contributed by atoms with Crippen LogP contribution in [0.3, 0.4) is 0 Å². The third kappa shape index (κ3) is 2.34. The van der Waals surface area contributed by atoms with E-state index in [1.807, 2.05) is 6.07 Å². The number of sulfone groups is 1. The van der Waals surface area contributed by atoms with E-state index in [4.69, 9.17) is 0 Å². The highest BCUT2D eigenvalue weighted by atomic mass is 32.2. The van der Waals surface area contributed by atoms with Crippen molar-refractivity contribution in [3.63, 3.8) is 0 Å². The second kappa shape index (κ2) is 4.95. The van der Waals surface area contributed by atoms with Crippen LogP contribution in [0.1, 0.15) is 52.9 Å². The predicted octanol–water partition coefficient (Wildman–Crippen LogP) is 3.42. The Morgan fingerprint density at radius 3 is 2.50 bits per heavy atom. The molecule has 2 saturated heterocycles. The Hall–Kier alpha value is -1.10. The van der Waals surface area contributed by atoms with E-state index in [9.17, 15) is 8.42 Å². The number of rotatable bonds is 2. The van der Waals surface area contributed by atoms with Gasteiger partial charge in [-0.25, -0.2) is 13.4 Å². The normalized spacial score (nSPS) is 28.9. The molecule has 4 nitrogen and oxygen atoms in total. The highest BCUT2D eigenvalue weighted by molar-refractivity contribution is 7.90. The Morgan fingerprint density at radius 2 is 1.95 bits per heavy atom. The molecule has 3 heterocycles. The Balaban J connectivity index is 2.03. The maximum atomic E-state index is 11.6.